The predicted molar refractivity (Wildman–Crippen MR) is 125 cm³/mol. The summed E-state index contributed by atoms with van der Waals surface area (Å²) in [4.78, 5) is 41.4. The molecular weight excluding hydrogens is 428 g/mol. The lowest BCUT2D eigenvalue weighted by Crippen LogP contribution is -2.42. The lowest BCUT2D eigenvalue weighted by molar-refractivity contribution is -0.136. The Morgan fingerprint density at radius 1 is 1.12 bits per heavy atom. The van der Waals surface area contributed by atoms with Crippen LogP contribution < -0.4 is 0 Å². The van der Waals surface area contributed by atoms with Crippen molar-refractivity contribution in [3.63, 3.8) is 0 Å². The molecule has 1 aromatic rings. The summed E-state index contributed by atoms with van der Waals surface area (Å²) in [5, 5.41) is 9.87. The Balaban J connectivity index is 1.44. The van der Waals surface area contributed by atoms with Gasteiger partial charge in [0.25, 0.3) is 0 Å². The number of piperidine rings is 1. The van der Waals surface area contributed by atoms with Crippen molar-refractivity contribution in [1.29, 1.82) is 0 Å². The maximum atomic E-state index is 12.7. The molecule has 2 saturated heterocycles. The number of benzene rings is 1. The van der Waals surface area contributed by atoms with Gasteiger partial charge in [-0.15, -0.1) is 0 Å². The summed E-state index contributed by atoms with van der Waals surface area (Å²) in [5.41, 5.74) is 0.879. The molecule has 0 aromatic heterocycles. The smallest absolute Gasteiger partial charge is 0.224 e. The summed E-state index contributed by atoms with van der Waals surface area (Å²) in [5.74, 6) is 0.299. The Bertz CT molecular complexity index is 833. The van der Waals surface area contributed by atoms with Crippen LogP contribution in [-0.2, 0) is 14.4 Å². The summed E-state index contributed by atoms with van der Waals surface area (Å²) < 4.78 is 0. The maximum Gasteiger partial charge on any atom is 0.224 e. The van der Waals surface area contributed by atoms with Gasteiger partial charge < -0.3 is 14.9 Å². The van der Waals surface area contributed by atoms with E-state index in [4.69, 9.17) is 11.6 Å². The molecule has 0 radical (unpaired) electrons. The van der Waals surface area contributed by atoms with Gasteiger partial charge in [-0.25, -0.2) is 0 Å². The van der Waals surface area contributed by atoms with Gasteiger partial charge in [-0.2, -0.15) is 0 Å². The Kier molecular flexibility index (Phi) is 9.30. The van der Waals surface area contributed by atoms with Crippen molar-refractivity contribution in [1.82, 2.24) is 9.80 Å². The van der Waals surface area contributed by atoms with Crippen LogP contribution in [0.15, 0.2) is 30.3 Å². The van der Waals surface area contributed by atoms with Crippen molar-refractivity contribution in [2.24, 2.45) is 11.8 Å². The molecule has 7 heteroatoms. The Labute approximate surface area is 195 Å². The number of hydrogen-bond acceptors (Lipinski definition) is 4. The third-order valence-corrected chi connectivity index (χ3v) is 6.79. The molecule has 174 valence electrons. The average molecular weight is 461 g/mol. The van der Waals surface area contributed by atoms with Crippen LogP contribution in [0.2, 0.25) is 5.02 Å². The number of hydrogen-bond donors (Lipinski definition) is 1. The highest BCUT2D eigenvalue weighted by Crippen LogP contribution is 2.22. The number of ketones is 1. The molecule has 2 amide bonds. The Morgan fingerprint density at radius 2 is 1.91 bits per heavy atom. The third kappa shape index (κ3) is 7.17. The van der Waals surface area contributed by atoms with Crippen LogP contribution in [-0.4, -0.2) is 65.3 Å². The van der Waals surface area contributed by atoms with Crippen LogP contribution in [0.3, 0.4) is 0 Å². The van der Waals surface area contributed by atoms with Gasteiger partial charge in [-0.3, -0.25) is 14.4 Å². The standard InChI is InChI=1S/C25H33ClN2O4/c26-22-5-1-3-19(17-22)6-8-23(30)21-4-2-13-27(24(31)9-7-21)16-12-25(32)28-14-10-20(18-29)11-15-28/h1,3,5-6,8,17,20-21,29H,2,4,7,9-16,18H2/b8-6+. The molecule has 0 saturated carbocycles. The zero-order valence-electron chi connectivity index (χ0n) is 18.5. The molecule has 2 fully saturated rings. The van der Waals surface area contributed by atoms with Gasteiger partial charge in [0, 0.05) is 56.6 Å². The molecule has 1 N–H and O–H groups in total. The molecule has 1 unspecified atom stereocenters. The summed E-state index contributed by atoms with van der Waals surface area (Å²) in [6, 6.07) is 7.34. The van der Waals surface area contributed by atoms with E-state index in [1.807, 2.05) is 17.0 Å². The Morgan fingerprint density at radius 3 is 2.62 bits per heavy atom. The van der Waals surface area contributed by atoms with Gasteiger partial charge in [0.15, 0.2) is 5.78 Å². The van der Waals surface area contributed by atoms with Gasteiger partial charge in [-0.05, 0) is 61.8 Å². The van der Waals surface area contributed by atoms with Crippen LogP contribution in [0.25, 0.3) is 6.08 Å². The highest BCUT2D eigenvalue weighted by atomic mass is 35.5. The van der Waals surface area contributed by atoms with Gasteiger partial charge in [0.05, 0.1) is 0 Å². The number of nitrogens with zero attached hydrogens (tertiary/aromatic N) is 2. The van der Waals surface area contributed by atoms with Crippen molar-refractivity contribution < 1.29 is 19.5 Å². The van der Waals surface area contributed by atoms with Crippen LogP contribution in [0.1, 0.15) is 50.5 Å². The molecule has 6 nitrogen and oxygen atoms in total. The number of halogens is 1. The largest absolute Gasteiger partial charge is 0.396 e. The molecule has 1 aromatic carbocycles. The van der Waals surface area contributed by atoms with E-state index in [2.05, 4.69) is 0 Å². The fourth-order valence-electron chi connectivity index (χ4n) is 4.45. The van der Waals surface area contributed by atoms with E-state index in [9.17, 15) is 19.5 Å². The molecule has 0 bridgehead atoms. The normalized spacial score (nSPS) is 20.9. The van der Waals surface area contributed by atoms with Gasteiger partial charge in [0.2, 0.25) is 11.8 Å². The summed E-state index contributed by atoms with van der Waals surface area (Å²) in [7, 11) is 0. The first-order chi connectivity index (χ1) is 15.5. The number of likely N-dealkylation sites (tertiary alicyclic amines) is 2. The lowest BCUT2D eigenvalue weighted by atomic mass is 9.90. The van der Waals surface area contributed by atoms with Gasteiger partial charge >= 0.3 is 0 Å². The molecular formula is C25H33ClN2O4. The first-order valence-corrected chi connectivity index (χ1v) is 12.0. The number of allylic oxidation sites excluding steroid dienone is 1. The molecule has 2 aliphatic heterocycles. The van der Waals surface area contributed by atoms with Crippen molar-refractivity contribution in [3.05, 3.63) is 40.9 Å². The van der Waals surface area contributed by atoms with Crippen molar-refractivity contribution in [3.8, 4) is 0 Å². The lowest BCUT2D eigenvalue weighted by Gasteiger charge is -2.32. The minimum atomic E-state index is -0.147. The molecule has 3 rings (SSSR count). The second-order valence-electron chi connectivity index (χ2n) is 8.81. The summed E-state index contributed by atoms with van der Waals surface area (Å²) in [6.07, 6.45) is 7.75. The van der Waals surface area contributed by atoms with Crippen LogP contribution in [0.4, 0.5) is 0 Å². The van der Waals surface area contributed by atoms with E-state index in [0.717, 1.165) is 31.2 Å². The summed E-state index contributed by atoms with van der Waals surface area (Å²) in [6.45, 7) is 2.57. The molecule has 0 aliphatic carbocycles. The van der Waals surface area contributed by atoms with E-state index < -0.39 is 0 Å². The first kappa shape index (κ1) is 24.5. The molecule has 2 aliphatic rings. The van der Waals surface area contributed by atoms with E-state index in [0.29, 0.717) is 56.4 Å². The van der Waals surface area contributed by atoms with Gasteiger partial charge in [0.1, 0.15) is 0 Å². The van der Waals surface area contributed by atoms with E-state index in [1.54, 1.807) is 29.2 Å². The van der Waals surface area contributed by atoms with E-state index >= 15 is 0 Å². The number of carbonyl (C=O) groups is 3. The van der Waals surface area contributed by atoms with Crippen molar-refractivity contribution in [2.75, 3.05) is 32.8 Å². The number of amides is 2. The van der Waals surface area contributed by atoms with Gasteiger partial charge in [-0.1, -0.05) is 29.8 Å². The quantitative estimate of drug-likeness (QED) is 0.631. The Hall–Kier alpha value is -2.18. The monoisotopic (exact) mass is 460 g/mol. The third-order valence-electron chi connectivity index (χ3n) is 6.55. The van der Waals surface area contributed by atoms with Crippen LogP contribution in [0.5, 0.6) is 0 Å². The number of aliphatic hydroxyl groups excluding tert-OH is 1. The number of carbonyl (C=O) groups excluding carboxylic acids is 3. The zero-order valence-corrected chi connectivity index (χ0v) is 19.3. The number of aliphatic hydroxyl groups is 1. The zero-order chi connectivity index (χ0) is 22.9. The maximum absolute atomic E-state index is 12.7. The second kappa shape index (κ2) is 12.2. The highest BCUT2D eigenvalue weighted by molar-refractivity contribution is 6.30. The molecule has 0 spiro atoms. The second-order valence-corrected chi connectivity index (χ2v) is 9.24. The highest BCUT2D eigenvalue weighted by Gasteiger charge is 2.26. The molecule has 32 heavy (non-hydrogen) atoms. The van der Waals surface area contributed by atoms with E-state index in [-0.39, 0.29) is 30.1 Å². The fraction of sp³-hybridized carbons (Fsp3) is 0.560. The molecule has 2 heterocycles. The van der Waals surface area contributed by atoms with Crippen molar-refractivity contribution >= 4 is 35.3 Å². The fourth-order valence-corrected chi connectivity index (χ4v) is 4.65. The first-order valence-electron chi connectivity index (χ1n) is 11.6. The minimum Gasteiger partial charge on any atom is -0.396 e. The predicted octanol–water partition coefficient (Wildman–Crippen LogP) is 3.56. The van der Waals surface area contributed by atoms with E-state index in [1.165, 1.54) is 0 Å². The number of rotatable bonds is 7. The van der Waals surface area contributed by atoms with Crippen LogP contribution >= 0.6 is 11.6 Å². The molecule has 1 atom stereocenters. The van der Waals surface area contributed by atoms with Crippen molar-refractivity contribution in [2.45, 2.75) is 44.9 Å². The SMILES string of the molecule is O=C(/C=C/c1cccc(Cl)c1)C1CCCN(CCC(=O)N2CCC(CO)CC2)C(=O)CC1. The van der Waals surface area contributed by atoms with Crippen LogP contribution in [0, 0.1) is 11.8 Å². The topological polar surface area (TPSA) is 77.9 Å². The average Bonchev–Trinajstić information content (AvgIpc) is 2.80. The minimum absolute atomic E-state index is 0.0214. The summed E-state index contributed by atoms with van der Waals surface area (Å²) >= 11 is 5.99.